The first kappa shape index (κ1) is 25.0. The Kier molecular flexibility index (Phi) is 6.23. The molecule has 1 spiro atoms. The lowest BCUT2D eigenvalue weighted by Crippen LogP contribution is -2.65. The van der Waals surface area contributed by atoms with Crippen LogP contribution in [0.2, 0.25) is 0 Å². The van der Waals surface area contributed by atoms with Crippen molar-refractivity contribution in [3.05, 3.63) is 70.7 Å². The van der Waals surface area contributed by atoms with Crippen molar-refractivity contribution in [2.75, 3.05) is 32.9 Å². The van der Waals surface area contributed by atoms with Crippen LogP contribution in [0.15, 0.2) is 48.3 Å². The van der Waals surface area contributed by atoms with Crippen LogP contribution in [0.5, 0.6) is 5.75 Å². The Morgan fingerprint density at radius 3 is 2.76 bits per heavy atom. The molecule has 2 fully saturated rings. The molecule has 0 amide bonds. The van der Waals surface area contributed by atoms with E-state index < -0.39 is 18.3 Å². The van der Waals surface area contributed by atoms with Crippen molar-refractivity contribution in [1.29, 1.82) is 0 Å². The zero-order chi connectivity index (χ0) is 26.5. The van der Waals surface area contributed by atoms with E-state index in [4.69, 9.17) is 9.72 Å². The number of rotatable bonds is 7. The maximum absolute atomic E-state index is 15.0. The van der Waals surface area contributed by atoms with Crippen molar-refractivity contribution < 1.29 is 28.2 Å². The summed E-state index contributed by atoms with van der Waals surface area (Å²) in [5.41, 5.74) is 5.62. The number of aryl methyl sites for hydroxylation is 1. The summed E-state index contributed by atoms with van der Waals surface area (Å²) in [6.45, 7) is 5.87. The van der Waals surface area contributed by atoms with Crippen LogP contribution < -0.4 is 0 Å². The fraction of sp³-hybridized carbons (Fsp3) is 0.448. The Morgan fingerprint density at radius 1 is 1.21 bits per heavy atom. The van der Waals surface area contributed by atoms with Crippen molar-refractivity contribution in [2.24, 2.45) is 5.41 Å². The third-order valence-electron chi connectivity index (χ3n) is 7.76. The van der Waals surface area contributed by atoms with Gasteiger partial charge in [-0.25, -0.2) is 9.78 Å². The van der Waals surface area contributed by atoms with E-state index in [9.17, 15) is 18.7 Å². The summed E-state index contributed by atoms with van der Waals surface area (Å²) >= 11 is 0. The number of aromatic nitrogens is 2. The predicted octanol–water partition coefficient (Wildman–Crippen LogP) is 4.60. The molecule has 1 aliphatic carbocycles. The fourth-order valence-electron chi connectivity index (χ4n) is 6.03. The molecule has 2 aliphatic heterocycles. The van der Waals surface area contributed by atoms with E-state index in [1.165, 1.54) is 6.92 Å². The minimum absolute atomic E-state index is 0.104. The van der Waals surface area contributed by atoms with Crippen LogP contribution in [0.25, 0.3) is 11.2 Å². The Bertz CT molecular complexity index is 1420. The number of hydrogen-bond donors (Lipinski definition) is 1. The maximum Gasteiger partial charge on any atom is 0.377 e. The van der Waals surface area contributed by atoms with Gasteiger partial charge in [0.05, 0.1) is 25.5 Å². The number of halogens is 2. The van der Waals surface area contributed by atoms with Crippen LogP contribution in [0.1, 0.15) is 48.6 Å². The van der Waals surface area contributed by atoms with Gasteiger partial charge in [-0.1, -0.05) is 11.6 Å². The zero-order valence-electron chi connectivity index (χ0n) is 21.4. The molecule has 0 saturated carbocycles. The molecule has 4 heterocycles. The SMILES string of the molecule is CCOC(=O)C(F)(F)CC1=C(c2ccn3cc(CN4CC5(COC5)C4)nc3c2)c2ccc(O)cc2CCC1. The first-order valence-corrected chi connectivity index (χ1v) is 13.1. The lowest BCUT2D eigenvalue weighted by molar-refractivity contribution is -0.191. The highest BCUT2D eigenvalue weighted by Gasteiger charge is 2.48. The highest BCUT2D eigenvalue weighted by molar-refractivity contribution is 5.86. The average molecular weight is 524 g/mol. The number of likely N-dealkylation sites (tertiary alicyclic amines) is 1. The molecular weight excluding hydrogens is 492 g/mol. The second-order valence-electron chi connectivity index (χ2n) is 10.8. The van der Waals surface area contributed by atoms with Crippen LogP contribution >= 0.6 is 0 Å². The number of nitrogens with zero attached hydrogens (tertiary/aromatic N) is 3. The molecule has 0 unspecified atom stereocenters. The number of allylic oxidation sites excluding steroid dienone is 1. The molecule has 9 heteroatoms. The molecule has 3 aliphatic rings. The lowest BCUT2D eigenvalue weighted by Gasteiger charge is -2.55. The third-order valence-corrected chi connectivity index (χ3v) is 7.76. The van der Waals surface area contributed by atoms with Gasteiger partial charge in [-0.2, -0.15) is 8.78 Å². The van der Waals surface area contributed by atoms with Gasteiger partial charge in [-0.05, 0) is 72.7 Å². The Balaban J connectivity index is 1.36. The number of fused-ring (bicyclic) bond motifs is 2. The highest BCUT2D eigenvalue weighted by Crippen LogP contribution is 2.41. The number of phenolic OH excluding ortho intramolecular Hbond substituents is 1. The quantitative estimate of drug-likeness (QED) is 0.457. The number of carbonyl (C=O) groups is 1. The van der Waals surface area contributed by atoms with E-state index in [1.807, 2.05) is 28.9 Å². The van der Waals surface area contributed by atoms with Crippen molar-refractivity contribution >= 4 is 17.2 Å². The minimum atomic E-state index is -3.64. The second kappa shape index (κ2) is 9.47. The van der Waals surface area contributed by atoms with Crippen LogP contribution in [0, 0.1) is 5.41 Å². The van der Waals surface area contributed by atoms with Crippen molar-refractivity contribution in [2.45, 2.75) is 45.1 Å². The molecule has 0 atom stereocenters. The Morgan fingerprint density at radius 2 is 2.03 bits per heavy atom. The van der Waals surface area contributed by atoms with Gasteiger partial charge in [0.15, 0.2) is 0 Å². The monoisotopic (exact) mass is 523 g/mol. The first-order valence-electron chi connectivity index (χ1n) is 13.1. The molecule has 2 saturated heterocycles. The standard InChI is InChI=1S/C29H31F2N3O4/c1-2-38-27(36)29(30,31)12-21-5-3-4-19-10-23(35)6-7-24(19)26(21)20-8-9-34-14-22(32-25(34)11-20)13-33-15-28(16-33)17-37-18-28/h6-11,14,35H,2-5,12-13,15-18H2,1H3. The fourth-order valence-corrected chi connectivity index (χ4v) is 6.03. The predicted molar refractivity (Wildman–Crippen MR) is 137 cm³/mol. The van der Waals surface area contributed by atoms with Gasteiger partial charge in [0.1, 0.15) is 11.4 Å². The Labute approximate surface area is 219 Å². The number of alkyl halides is 2. The molecule has 6 rings (SSSR count). The van der Waals surface area contributed by atoms with Gasteiger partial charge in [0.25, 0.3) is 0 Å². The summed E-state index contributed by atoms with van der Waals surface area (Å²) in [5.74, 6) is -5.00. The summed E-state index contributed by atoms with van der Waals surface area (Å²) in [6.07, 6.45) is 4.87. The van der Waals surface area contributed by atoms with E-state index in [0.717, 1.165) is 60.9 Å². The van der Waals surface area contributed by atoms with Crippen LogP contribution in [-0.4, -0.2) is 64.2 Å². The molecule has 38 heavy (non-hydrogen) atoms. The molecule has 3 aromatic rings. The van der Waals surface area contributed by atoms with Gasteiger partial charge in [0.2, 0.25) is 0 Å². The summed E-state index contributed by atoms with van der Waals surface area (Å²) in [6, 6.07) is 8.87. The number of ether oxygens (including phenoxy) is 2. The summed E-state index contributed by atoms with van der Waals surface area (Å²) in [4.78, 5) is 19.3. The summed E-state index contributed by atoms with van der Waals surface area (Å²) in [5, 5.41) is 10.1. The minimum Gasteiger partial charge on any atom is -0.508 e. The van der Waals surface area contributed by atoms with E-state index in [0.29, 0.717) is 35.8 Å². The van der Waals surface area contributed by atoms with Gasteiger partial charge < -0.3 is 19.0 Å². The van der Waals surface area contributed by atoms with Crippen molar-refractivity contribution in [1.82, 2.24) is 14.3 Å². The lowest BCUT2D eigenvalue weighted by atomic mass is 9.78. The highest BCUT2D eigenvalue weighted by atomic mass is 19.3. The van der Waals surface area contributed by atoms with Gasteiger partial charge in [-0.3, -0.25) is 4.90 Å². The summed E-state index contributed by atoms with van der Waals surface area (Å²) in [7, 11) is 0. The van der Waals surface area contributed by atoms with E-state index in [-0.39, 0.29) is 12.4 Å². The van der Waals surface area contributed by atoms with E-state index >= 15 is 0 Å². The number of carbonyl (C=O) groups excluding carboxylic acids is 1. The molecule has 2 aromatic heterocycles. The molecular formula is C29H31F2N3O4. The molecule has 0 bridgehead atoms. The molecule has 7 nitrogen and oxygen atoms in total. The molecule has 1 aromatic carbocycles. The number of pyridine rings is 1. The van der Waals surface area contributed by atoms with Crippen LogP contribution in [0.3, 0.4) is 0 Å². The van der Waals surface area contributed by atoms with Gasteiger partial charge in [0, 0.05) is 43.9 Å². The molecule has 1 N–H and O–H groups in total. The van der Waals surface area contributed by atoms with Crippen molar-refractivity contribution in [3.63, 3.8) is 0 Å². The third kappa shape index (κ3) is 4.58. The van der Waals surface area contributed by atoms with E-state index in [1.54, 1.807) is 18.2 Å². The summed E-state index contributed by atoms with van der Waals surface area (Å²) < 4.78 is 41.9. The Hall–Kier alpha value is -3.30. The zero-order valence-corrected chi connectivity index (χ0v) is 21.4. The van der Waals surface area contributed by atoms with Crippen LogP contribution in [0.4, 0.5) is 8.78 Å². The maximum atomic E-state index is 15.0. The topological polar surface area (TPSA) is 76.3 Å². The number of phenols is 1. The largest absolute Gasteiger partial charge is 0.508 e. The smallest absolute Gasteiger partial charge is 0.377 e. The number of benzene rings is 1. The number of esters is 1. The van der Waals surface area contributed by atoms with Gasteiger partial charge >= 0.3 is 11.9 Å². The number of hydrogen-bond acceptors (Lipinski definition) is 6. The second-order valence-corrected chi connectivity index (χ2v) is 10.8. The molecule has 200 valence electrons. The molecule has 0 radical (unpaired) electrons. The van der Waals surface area contributed by atoms with E-state index in [2.05, 4.69) is 9.64 Å². The van der Waals surface area contributed by atoms with Gasteiger partial charge in [-0.15, -0.1) is 0 Å². The normalized spacial score (nSPS) is 19.1. The number of imidazole rings is 1. The first-order chi connectivity index (χ1) is 18.2. The average Bonchev–Trinajstić information content (AvgIpc) is 3.14. The number of aromatic hydroxyl groups is 1. The van der Waals surface area contributed by atoms with Crippen LogP contribution in [-0.2, 0) is 27.2 Å². The van der Waals surface area contributed by atoms with Crippen molar-refractivity contribution in [3.8, 4) is 5.75 Å².